The van der Waals surface area contributed by atoms with Crippen LogP contribution in [-0.4, -0.2) is 35.7 Å². The number of nitrogens with zero attached hydrogens (tertiary/aromatic N) is 1. The van der Waals surface area contributed by atoms with Crippen LogP contribution in [0.4, 0.5) is 0 Å². The van der Waals surface area contributed by atoms with Gasteiger partial charge in [0.15, 0.2) is 0 Å². The van der Waals surface area contributed by atoms with Gasteiger partial charge in [-0.25, -0.2) is 0 Å². The van der Waals surface area contributed by atoms with Crippen LogP contribution in [0.25, 0.3) is 0 Å². The first-order valence-electron chi connectivity index (χ1n) is 6.36. The fourth-order valence-corrected chi connectivity index (χ4v) is 3.15. The number of rotatable bonds is 2. The number of hydrogen-bond acceptors (Lipinski definition) is 3. The van der Waals surface area contributed by atoms with Gasteiger partial charge in [-0.15, -0.1) is 24.2 Å². The molecule has 102 valence electrons. The lowest BCUT2D eigenvalue weighted by atomic mass is 10.2. The number of hydrogen-bond donors (Lipinski definition) is 1. The van der Waals surface area contributed by atoms with E-state index < -0.39 is 0 Å². The summed E-state index contributed by atoms with van der Waals surface area (Å²) in [5, 5.41) is 8.97. The zero-order valence-electron chi connectivity index (χ0n) is 10.8. The molecule has 1 aromatic rings. The molecule has 1 N–H and O–H groups in total. The molecule has 0 amide bonds. The van der Waals surface area contributed by atoms with Crippen molar-refractivity contribution in [1.82, 2.24) is 4.90 Å². The predicted molar refractivity (Wildman–Crippen MR) is 80.6 cm³/mol. The van der Waals surface area contributed by atoms with Crippen molar-refractivity contribution in [2.45, 2.75) is 36.5 Å². The quantitative estimate of drug-likeness (QED) is 0.904. The van der Waals surface area contributed by atoms with Gasteiger partial charge in [0.2, 0.25) is 0 Å². The Hall–Kier alpha value is -0.220. The van der Waals surface area contributed by atoms with E-state index in [4.69, 9.17) is 5.11 Å². The number of halogens is 1. The highest BCUT2D eigenvalue weighted by Gasteiger charge is 2.12. The van der Waals surface area contributed by atoms with Gasteiger partial charge in [0.25, 0.3) is 0 Å². The molecule has 1 aromatic carbocycles. The lowest BCUT2D eigenvalue weighted by Gasteiger charge is -2.15. The van der Waals surface area contributed by atoms with E-state index in [0.717, 1.165) is 6.54 Å². The summed E-state index contributed by atoms with van der Waals surface area (Å²) in [6.07, 6.45) is 2.47. The van der Waals surface area contributed by atoms with Gasteiger partial charge >= 0.3 is 0 Å². The Morgan fingerprint density at radius 2 is 2.06 bits per heavy atom. The Kier molecular flexibility index (Phi) is 7.08. The minimum absolute atomic E-state index is 0. The first-order valence-corrected chi connectivity index (χ1v) is 7.35. The van der Waals surface area contributed by atoms with Crippen LogP contribution in [0.5, 0.6) is 0 Å². The number of aliphatic hydroxyl groups excluding tert-OH is 1. The molecule has 0 aliphatic carbocycles. The highest BCUT2D eigenvalue weighted by molar-refractivity contribution is 7.98. The summed E-state index contributed by atoms with van der Waals surface area (Å²) in [7, 11) is 0. The fraction of sp³-hybridized carbons (Fsp3) is 0.571. The van der Waals surface area contributed by atoms with Gasteiger partial charge in [0.05, 0.1) is 6.10 Å². The van der Waals surface area contributed by atoms with Crippen LogP contribution >= 0.6 is 24.2 Å². The lowest BCUT2D eigenvalue weighted by Crippen LogP contribution is -2.27. The number of benzene rings is 1. The average Bonchev–Trinajstić information content (AvgIpc) is 2.90. The summed E-state index contributed by atoms with van der Waals surface area (Å²) in [5.41, 5.74) is 1.47. The summed E-state index contributed by atoms with van der Waals surface area (Å²) in [5.74, 6) is 1.18. The van der Waals surface area contributed by atoms with E-state index in [1.165, 1.54) is 42.1 Å². The Balaban J connectivity index is 0.000000171. The summed E-state index contributed by atoms with van der Waals surface area (Å²) in [6.45, 7) is 5.08. The molecule has 3 rings (SSSR count). The van der Waals surface area contributed by atoms with Crippen molar-refractivity contribution in [1.29, 1.82) is 0 Å². The maximum absolute atomic E-state index is 8.97. The first kappa shape index (κ1) is 15.8. The van der Waals surface area contributed by atoms with Crippen molar-refractivity contribution in [2.24, 2.45) is 0 Å². The van der Waals surface area contributed by atoms with E-state index in [0.29, 0.717) is 0 Å². The first-order chi connectivity index (χ1) is 8.24. The highest BCUT2D eigenvalue weighted by Crippen LogP contribution is 2.30. The number of β-amino-alcohol motifs (C(OH)–C–C–N with tert-alkyl or cyclic N) is 1. The van der Waals surface area contributed by atoms with E-state index in [-0.39, 0.29) is 18.5 Å². The van der Waals surface area contributed by atoms with E-state index in [1.54, 1.807) is 0 Å². The molecule has 18 heavy (non-hydrogen) atoms. The van der Waals surface area contributed by atoms with Crippen LogP contribution in [-0.2, 0) is 5.75 Å². The minimum atomic E-state index is -0.150. The third-order valence-corrected chi connectivity index (χ3v) is 4.09. The second kappa shape index (κ2) is 8.05. The summed E-state index contributed by atoms with van der Waals surface area (Å²) in [4.78, 5) is 3.73. The summed E-state index contributed by atoms with van der Waals surface area (Å²) in [6, 6.07) is 8.68. The zero-order chi connectivity index (χ0) is 12.1. The monoisotopic (exact) mass is 287 g/mol. The Bertz CT molecular complexity index is 334. The van der Waals surface area contributed by atoms with Crippen LogP contribution in [0, 0.1) is 0 Å². The third kappa shape index (κ3) is 5.19. The molecule has 0 spiro atoms. The van der Waals surface area contributed by atoms with E-state index >= 15 is 0 Å². The van der Waals surface area contributed by atoms with Crippen LogP contribution < -0.4 is 0 Å². The van der Waals surface area contributed by atoms with Crippen LogP contribution in [0.3, 0.4) is 0 Å². The molecule has 1 unspecified atom stereocenters. The Morgan fingerprint density at radius 3 is 2.61 bits per heavy atom. The zero-order valence-corrected chi connectivity index (χ0v) is 12.5. The second-order valence-electron chi connectivity index (χ2n) is 4.79. The van der Waals surface area contributed by atoms with Gasteiger partial charge in [-0.3, -0.25) is 0 Å². The molecule has 0 radical (unpaired) electrons. The topological polar surface area (TPSA) is 23.5 Å². The molecule has 0 saturated carbocycles. The lowest BCUT2D eigenvalue weighted by molar-refractivity contribution is 0.141. The molecule has 2 heterocycles. The molecule has 0 aromatic heterocycles. The molecular formula is C14H22ClNOS. The van der Waals surface area contributed by atoms with Gasteiger partial charge < -0.3 is 10.0 Å². The third-order valence-electron chi connectivity index (χ3n) is 3.03. The van der Waals surface area contributed by atoms with Gasteiger partial charge in [0.1, 0.15) is 0 Å². The standard InChI is InChI=1S/C7H15NO.C7H6S.ClH/c1-7(9)6-8-4-2-3-5-8;1-2-6-4-7(3-1)8-5-6;/h7,9H,2-6H2,1H3;1-4H,5H2;1H. The largest absolute Gasteiger partial charge is 0.392 e. The van der Waals surface area contributed by atoms with E-state index in [9.17, 15) is 0 Å². The number of thioether (sulfide) groups is 1. The Morgan fingerprint density at radius 1 is 1.33 bits per heavy atom. The van der Waals surface area contributed by atoms with Crippen LogP contribution in [0.2, 0.25) is 0 Å². The van der Waals surface area contributed by atoms with E-state index in [1.807, 2.05) is 18.7 Å². The smallest absolute Gasteiger partial charge is 0.0639 e. The molecule has 1 saturated heterocycles. The van der Waals surface area contributed by atoms with Crippen molar-refractivity contribution in [3.8, 4) is 0 Å². The summed E-state index contributed by atoms with van der Waals surface area (Å²) >= 11 is 1.92. The molecular weight excluding hydrogens is 266 g/mol. The predicted octanol–water partition coefficient (Wildman–Crippen LogP) is 3.18. The van der Waals surface area contributed by atoms with Crippen LogP contribution in [0.15, 0.2) is 29.2 Å². The van der Waals surface area contributed by atoms with Crippen molar-refractivity contribution < 1.29 is 5.11 Å². The number of likely N-dealkylation sites (tertiary alicyclic amines) is 1. The molecule has 2 aliphatic heterocycles. The van der Waals surface area contributed by atoms with Crippen molar-refractivity contribution in [3.63, 3.8) is 0 Å². The maximum Gasteiger partial charge on any atom is 0.0639 e. The molecule has 4 heteroatoms. The van der Waals surface area contributed by atoms with Crippen molar-refractivity contribution >= 4 is 24.2 Å². The highest BCUT2D eigenvalue weighted by atomic mass is 35.5. The Labute approximate surface area is 120 Å². The summed E-state index contributed by atoms with van der Waals surface area (Å²) < 4.78 is 0. The van der Waals surface area contributed by atoms with Gasteiger partial charge in [-0.1, -0.05) is 12.1 Å². The average molecular weight is 288 g/mol. The minimum Gasteiger partial charge on any atom is -0.392 e. The fourth-order valence-electron chi connectivity index (χ4n) is 2.23. The van der Waals surface area contributed by atoms with Gasteiger partial charge in [-0.2, -0.15) is 0 Å². The second-order valence-corrected chi connectivity index (χ2v) is 5.84. The van der Waals surface area contributed by atoms with Gasteiger partial charge in [0, 0.05) is 17.2 Å². The van der Waals surface area contributed by atoms with Crippen molar-refractivity contribution in [2.75, 3.05) is 19.6 Å². The van der Waals surface area contributed by atoms with E-state index in [2.05, 4.69) is 29.2 Å². The van der Waals surface area contributed by atoms with Crippen LogP contribution in [0.1, 0.15) is 25.3 Å². The molecule has 1 fully saturated rings. The normalized spacial score (nSPS) is 18.8. The van der Waals surface area contributed by atoms with Gasteiger partial charge in [-0.05, 0) is 50.6 Å². The molecule has 2 aliphatic rings. The number of aliphatic hydroxyl groups is 1. The number of fused-ring (bicyclic) bond motifs is 2. The molecule has 2 bridgehead atoms. The SMILES string of the molecule is CC(O)CN1CCCC1.Cl.c1cc2cc(c1)SC2. The maximum atomic E-state index is 8.97. The molecule has 1 atom stereocenters. The van der Waals surface area contributed by atoms with Crippen molar-refractivity contribution in [3.05, 3.63) is 29.8 Å². The molecule has 2 nitrogen and oxygen atoms in total.